The lowest BCUT2D eigenvalue weighted by atomic mass is 10.0. The Hall–Kier alpha value is -1.29. The molecule has 1 aromatic rings. The highest BCUT2D eigenvalue weighted by atomic mass is 16.3. The van der Waals surface area contributed by atoms with E-state index in [0.717, 1.165) is 18.6 Å². The van der Waals surface area contributed by atoms with Crippen molar-refractivity contribution in [3.05, 3.63) is 24.2 Å². The molecular weight excluding hydrogens is 216 g/mol. The van der Waals surface area contributed by atoms with Crippen LogP contribution in [0.15, 0.2) is 22.8 Å². The maximum absolute atomic E-state index is 12.3. The highest BCUT2D eigenvalue weighted by Crippen LogP contribution is 2.29. The van der Waals surface area contributed by atoms with Gasteiger partial charge in [-0.1, -0.05) is 13.8 Å². The Balaban J connectivity index is 2.04. The van der Waals surface area contributed by atoms with E-state index in [1.54, 1.807) is 6.26 Å². The topological polar surface area (TPSA) is 59.5 Å². The van der Waals surface area contributed by atoms with E-state index < -0.39 is 6.04 Å². The van der Waals surface area contributed by atoms with Crippen molar-refractivity contribution in [2.24, 2.45) is 11.7 Å². The van der Waals surface area contributed by atoms with Gasteiger partial charge in [0.15, 0.2) is 0 Å². The van der Waals surface area contributed by atoms with Gasteiger partial charge in [-0.15, -0.1) is 0 Å². The predicted molar refractivity (Wildman–Crippen MR) is 65.1 cm³/mol. The molecule has 1 aromatic heterocycles. The molecule has 0 aromatic carbocycles. The van der Waals surface area contributed by atoms with Gasteiger partial charge < -0.3 is 15.1 Å². The monoisotopic (exact) mass is 236 g/mol. The summed E-state index contributed by atoms with van der Waals surface area (Å²) in [5.74, 6) is 1.03. The lowest BCUT2D eigenvalue weighted by molar-refractivity contribution is -0.135. The summed E-state index contributed by atoms with van der Waals surface area (Å²) < 4.78 is 5.30. The number of amides is 1. The van der Waals surface area contributed by atoms with Crippen LogP contribution in [0.3, 0.4) is 0 Å². The quantitative estimate of drug-likeness (QED) is 0.847. The van der Waals surface area contributed by atoms with Crippen LogP contribution in [0.5, 0.6) is 0 Å². The third-order valence-electron chi connectivity index (χ3n) is 3.18. The molecule has 1 amide bonds. The smallest absolute Gasteiger partial charge is 0.240 e. The van der Waals surface area contributed by atoms with Gasteiger partial charge in [-0.3, -0.25) is 4.79 Å². The molecule has 0 saturated heterocycles. The fourth-order valence-electron chi connectivity index (χ4n) is 1.82. The van der Waals surface area contributed by atoms with Crippen molar-refractivity contribution >= 4 is 5.91 Å². The van der Waals surface area contributed by atoms with Gasteiger partial charge in [-0.05, 0) is 30.9 Å². The van der Waals surface area contributed by atoms with E-state index in [2.05, 4.69) is 0 Å². The second-order valence-corrected chi connectivity index (χ2v) is 5.05. The average Bonchev–Trinajstić information content (AvgIpc) is 3.01. The van der Waals surface area contributed by atoms with E-state index in [9.17, 15) is 4.79 Å². The highest BCUT2D eigenvalue weighted by Gasteiger charge is 2.35. The molecule has 1 aliphatic carbocycles. The summed E-state index contributed by atoms with van der Waals surface area (Å²) in [5.41, 5.74) is 5.93. The van der Waals surface area contributed by atoms with Gasteiger partial charge in [-0.25, -0.2) is 0 Å². The van der Waals surface area contributed by atoms with Gasteiger partial charge in [-0.2, -0.15) is 0 Å². The maximum atomic E-state index is 12.3. The van der Waals surface area contributed by atoms with E-state index in [1.807, 2.05) is 30.9 Å². The van der Waals surface area contributed by atoms with Crippen molar-refractivity contribution in [1.82, 2.24) is 4.90 Å². The van der Waals surface area contributed by atoms with Crippen LogP contribution < -0.4 is 5.73 Å². The molecule has 0 bridgehead atoms. The fraction of sp³-hybridized carbons (Fsp3) is 0.615. The Morgan fingerprint density at radius 3 is 2.76 bits per heavy atom. The van der Waals surface area contributed by atoms with Crippen LogP contribution in [0.4, 0.5) is 0 Å². The Kier molecular flexibility index (Phi) is 3.52. The highest BCUT2D eigenvalue weighted by molar-refractivity contribution is 5.82. The molecule has 94 valence electrons. The second kappa shape index (κ2) is 4.92. The first-order valence-corrected chi connectivity index (χ1v) is 6.18. The molecule has 1 aliphatic rings. The summed E-state index contributed by atoms with van der Waals surface area (Å²) in [5, 5.41) is 0. The van der Waals surface area contributed by atoms with Crippen LogP contribution in [-0.2, 0) is 11.3 Å². The molecule has 0 aliphatic heterocycles. The minimum absolute atomic E-state index is 0.0406. The van der Waals surface area contributed by atoms with Crippen molar-refractivity contribution in [2.75, 3.05) is 0 Å². The Morgan fingerprint density at radius 2 is 2.29 bits per heavy atom. The SMILES string of the molecule is CC(C)C(N)C(=O)N(Cc1ccco1)C1CC1. The van der Waals surface area contributed by atoms with Crippen LogP contribution >= 0.6 is 0 Å². The zero-order valence-corrected chi connectivity index (χ0v) is 10.4. The molecule has 1 unspecified atom stereocenters. The molecule has 1 atom stereocenters. The van der Waals surface area contributed by atoms with E-state index >= 15 is 0 Å². The van der Waals surface area contributed by atoms with Crippen LogP contribution in [0.1, 0.15) is 32.4 Å². The largest absolute Gasteiger partial charge is 0.467 e. The standard InChI is InChI=1S/C13H20N2O2/c1-9(2)12(14)13(16)15(10-5-6-10)8-11-4-3-7-17-11/h3-4,7,9-10,12H,5-6,8,14H2,1-2H3. The summed E-state index contributed by atoms with van der Waals surface area (Å²) in [6.07, 6.45) is 3.79. The third kappa shape index (κ3) is 2.88. The summed E-state index contributed by atoms with van der Waals surface area (Å²) in [4.78, 5) is 14.1. The van der Waals surface area contributed by atoms with E-state index in [4.69, 9.17) is 10.2 Å². The normalized spacial score (nSPS) is 17.2. The zero-order valence-electron chi connectivity index (χ0n) is 10.4. The number of rotatable bonds is 5. The van der Waals surface area contributed by atoms with Gasteiger partial charge in [0.1, 0.15) is 5.76 Å². The van der Waals surface area contributed by atoms with Gasteiger partial charge in [0.05, 0.1) is 18.8 Å². The molecule has 2 N–H and O–H groups in total. The zero-order chi connectivity index (χ0) is 12.4. The first-order valence-electron chi connectivity index (χ1n) is 6.18. The number of carbonyl (C=O) groups is 1. The molecule has 1 fully saturated rings. The molecule has 2 rings (SSSR count). The molecular formula is C13H20N2O2. The molecule has 1 heterocycles. The van der Waals surface area contributed by atoms with E-state index in [-0.39, 0.29) is 11.8 Å². The number of hydrogen-bond donors (Lipinski definition) is 1. The van der Waals surface area contributed by atoms with Crippen molar-refractivity contribution in [1.29, 1.82) is 0 Å². The number of nitrogens with zero attached hydrogens (tertiary/aromatic N) is 1. The second-order valence-electron chi connectivity index (χ2n) is 5.05. The predicted octanol–water partition coefficient (Wildman–Crippen LogP) is 1.75. The number of furan rings is 1. The lowest BCUT2D eigenvalue weighted by Gasteiger charge is -2.26. The number of nitrogens with two attached hydrogens (primary N) is 1. The summed E-state index contributed by atoms with van der Waals surface area (Å²) in [7, 11) is 0. The minimum Gasteiger partial charge on any atom is -0.467 e. The molecule has 0 spiro atoms. The third-order valence-corrected chi connectivity index (χ3v) is 3.18. The van der Waals surface area contributed by atoms with Crippen molar-refractivity contribution in [3.8, 4) is 0 Å². The van der Waals surface area contributed by atoms with Crippen molar-refractivity contribution in [2.45, 2.75) is 45.3 Å². The molecule has 17 heavy (non-hydrogen) atoms. The molecule has 4 nitrogen and oxygen atoms in total. The number of carbonyl (C=O) groups excluding carboxylic acids is 1. The summed E-state index contributed by atoms with van der Waals surface area (Å²) in [6.45, 7) is 4.48. The van der Waals surface area contributed by atoms with E-state index in [1.165, 1.54) is 0 Å². The fourth-order valence-corrected chi connectivity index (χ4v) is 1.82. The number of hydrogen-bond acceptors (Lipinski definition) is 3. The van der Waals surface area contributed by atoms with Crippen molar-refractivity contribution in [3.63, 3.8) is 0 Å². The van der Waals surface area contributed by atoms with E-state index in [0.29, 0.717) is 12.6 Å². The molecule has 4 heteroatoms. The van der Waals surface area contributed by atoms with Crippen LogP contribution in [0.25, 0.3) is 0 Å². The molecule has 1 saturated carbocycles. The van der Waals surface area contributed by atoms with Gasteiger partial charge in [0.25, 0.3) is 0 Å². The Bertz CT molecular complexity index is 369. The van der Waals surface area contributed by atoms with Crippen molar-refractivity contribution < 1.29 is 9.21 Å². The van der Waals surface area contributed by atoms with Gasteiger partial charge in [0, 0.05) is 6.04 Å². The van der Waals surface area contributed by atoms with Crippen LogP contribution in [-0.4, -0.2) is 22.9 Å². The van der Waals surface area contributed by atoms with Gasteiger partial charge in [0.2, 0.25) is 5.91 Å². The first kappa shape index (κ1) is 12.2. The Labute approximate surface area is 102 Å². The lowest BCUT2D eigenvalue weighted by Crippen LogP contribution is -2.47. The first-order chi connectivity index (χ1) is 8.09. The minimum atomic E-state index is -0.412. The Morgan fingerprint density at radius 1 is 1.59 bits per heavy atom. The van der Waals surface area contributed by atoms with Gasteiger partial charge >= 0.3 is 0 Å². The molecule has 0 radical (unpaired) electrons. The van der Waals surface area contributed by atoms with Crippen LogP contribution in [0, 0.1) is 5.92 Å². The summed E-state index contributed by atoms with van der Waals surface area (Å²) >= 11 is 0. The average molecular weight is 236 g/mol. The maximum Gasteiger partial charge on any atom is 0.240 e. The van der Waals surface area contributed by atoms with Crippen LogP contribution in [0.2, 0.25) is 0 Å². The summed E-state index contributed by atoms with van der Waals surface area (Å²) in [6, 6.07) is 3.68.